The summed E-state index contributed by atoms with van der Waals surface area (Å²) in [5.74, 6) is 1.85. The highest BCUT2D eigenvalue weighted by molar-refractivity contribution is 5.05. The van der Waals surface area contributed by atoms with E-state index < -0.39 is 0 Å². The third kappa shape index (κ3) is 3.64. The summed E-state index contributed by atoms with van der Waals surface area (Å²) in [7, 11) is 0. The number of aromatic nitrogens is 2. The second-order valence-electron chi connectivity index (χ2n) is 6.35. The van der Waals surface area contributed by atoms with Crippen molar-refractivity contribution in [3.8, 4) is 0 Å². The fourth-order valence-electron chi connectivity index (χ4n) is 3.02. The molecule has 1 aliphatic rings. The lowest BCUT2D eigenvalue weighted by Gasteiger charge is -2.28. The van der Waals surface area contributed by atoms with Crippen molar-refractivity contribution in [3.63, 3.8) is 0 Å². The second kappa shape index (κ2) is 7.36. The first-order valence-electron chi connectivity index (χ1n) is 8.30. The van der Waals surface area contributed by atoms with Crippen LogP contribution in [0, 0.1) is 5.92 Å². The molecule has 1 aliphatic carbocycles. The second-order valence-corrected chi connectivity index (χ2v) is 6.35. The lowest BCUT2D eigenvalue weighted by molar-refractivity contribution is -0.00145. The van der Waals surface area contributed by atoms with Crippen molar-refractivity contribution in [1.82, 2.24) is 10.1 Å². The zero-order valence-electron chi connectivity index (χ0n) is 13.6. The molecular formula is C16H29N3O2. The van der Waals surface area contributed by atoms with E-state index >= 15 is 0 Å². The van der Waals surface area contributed by atoms with Crippen LogP contribution in [0.1, 0.15) is 77.1 Å². The summed E-state index contributed by atoms with van der Waals surface area (Å²) in [6.07, 6.45) is 7.10. The maximum atomic E-state index is 5.94. The molecule has 2 atom stereocenters. The third-order valence-corrected chi connectivity index (χ3v) is 4.87. The van der Waals surface area contributed by atoms with Crippen molar-refractivity contribution >= 4 is 0 Å². The molecule has 2 unspecified atom stereocenters. The molecule has 0 spiro atoms. The maximum Gasteiger partial charge on any atom is 0.233 e. The van der Waals surface area contributed by atoms with E-state index in [1.165, 1.54) is 32.1 Å². The molecule has 0 bridgehead atoms. The van der Waals surface area contributed by atoms with Gasteiger partial charge in [0, 0.05) is 13.2 Å². The van der Waals surface area contributed by atoms with E-state index in [0.29, 0.717) is 30.8 Å². The Bertz CT molecular complexity index is 423. The molecule has 1 aromatic heterocycles. The largest absolute Gasteiger partial charge is 0.370 e. The highest BCUT2D eigenvalue weighted by Gasteiger charge is 2.34. The van der Waals surface area contributed by atoms with Gasteiger partial charge in [-0.3, -0.25) is 0 Å². The molecule has 21 heavy (non-hydrogen) atoms. The Morgan fingerprint density at radius 1 is 1.33 bits per heavy atom. The number of ether oxygens (including phenoxy) is 1. The molecule has 0 aromatic carbocycles. The molecule has 1 fully saturated rings. The molecule has 2 rings (SSSR count). The monoisotopic (exact) mass is 295 g/mol. The summed E-state index contributed by atoms with van der Waals surface area (Å²) in [5, 5.41) is 4.21. The maximum absolute atomic E-state index is 5.94. The van der Waals surface area contributed by atoms with Crippen molar-refractivity contribution in [2.24, 2.45) is 11.7 Å². The number of hydrogen-bond acceptors (Lipinski definition) is 5. The van der Waals surface area contributed by atoms with Crippen molar-refractivity contribution < 1.29 is 9.26 Å². The number of nitrogens with two attached hydrogens (primary N) is 1. The molecule has 1 aromatic rings. The van der Waals surface area contributed by atoms with E-state index in [2.05, 4.69) is 24.0 Å². The number of nitrogens with zero attached hydrogens (tertiary/aromatic N) is 2. The van der Waals surface area contributed by atoms with Crippen molar-refractivity contribution in [1.29, 1.82) is 0 Å². The van der Waals surface area contributed by atoms with Gasteiger partial charge >= 0.3 is 0 Å². The van der Waals surface area contributed by atoms with Gasteiger partial charge in [0.25, 0.3) is 0 Å². The van der Waals surface area contributed by atoms with Gasteiger partial charge in [0.1, 0.15) is 6.10 Å². The first-order valence-corrected chi connectivity index (χ1v) is 8.30. The fourth-order valence-corrected chi connectivity index (χ4v) is 3.02. The van der Waals surface area contributed by atoms with Gasteiger partial charge in [-0.05, 0) is 39.0 Å². The average molecular weight is 295 g/mol. The van der Waals surface area contributed by atoms with Crippen molar-refractivity contribution in [2.75, 3.05) is 13.2 Å². The zero-order valence-corrected chi connectivity index (χ0v) is 13.6. The van der Waals surface area contributed by atoms with Crippen LogP contribution in [0.15, 0.2) is 4.52 Å². The minimum atomic E-state index is -0.241. The Hall–Kier alpha value is -0.940. The molecule has 120 valence electrons. The van der Waals surface area contributed by atoms with Crippen LogP contribution in [0.5, 0.6) is 0 Å². The lowest BCUT2D eigenvalue weighted by Crippen LogP contribution is -2.31. The minimum Gasteiger partial charge on any atom is -0.370 e. The summed E-state index contributed by atoms with van der Waals surface area (Å²) in [6, 6.07) is 0. The molecule has 5 heteroatoms. The van der Waals surface area contributed by atoms with E-state index in [1.54, 1.807) is 0 Å². The van der Waals surface area contributed by atoms with Crippen LogP contribution in [0.3, 0.4) is 0 Å². The molecule has 0 aliphatic heterocycles. The van der Waals surface area contributed by atoms with Crippen LogP contribution in [0.25, 0.3) is 0 Å². The Labute approximate surface area is 127 Å². The number of rotatable bonds is 7. The molecule has 5 nitrogen and oxygen atoms in total. The van der Waals surface area contributed by atoms with Crippen molar-refractivity contribution in [2.45, 2.75) is 70.8 Å². The van der Waals surface area contributed by atoms with Gasteiger partial charge in [0.15, 0.2) is 0 Å². The van der Waals surface area contributed by atoms with E-state index in [1.807, 2.05) is 6.92 Å². The Morgan fingerprint density at radius 3 is 2.62 bits per heavy atom. The van der Waals surface area contributed by atoms with E-state index in [-0.39, 0.29) is 11.5 Å². The first-order chi connectivity index (χ1) is 10.1. The summed E-state index contributed by atoms with van der Waals surface area (Å²) in [5.41, 5.74) is 5.64. The van der Waals surface area contributed by atoms with Gasteiger partial charge in [-0.15, -0.1) is 0 Å². The van der Waals surface area contributed by atoms with Gasteiger partial charge in [-0.25, -0.2) is 0 Å². The highest BCUT2D eigenvalue weighted by atomic mass is 16.5. The van der Waals surface area contributed by atoms with Crippen LogP contribution in [-0.4, -0.2) is 23.3 Å². The standard InChI is InChI=1S/C16H29N3O2/c1-4-16(3,11-17)15-18-14(19-21-15)13(20-5-2)12-9-7-6-8-10-12/h12-13H,4-11,17H2,1-3H3. The highest BCUT2D eigenvalue weighted by Crippen LogP contribution is 2.36. The molecular weight excluding hydrogens is 266 g/mol. The van der Waals surface area contributed by atoms with E-state index in [4.69, 9.17) is 15.0 Å². The molecule has 1 heterocycles. The first kappa shape index (κ1) is 16.4. The molecule has 1 saturated carbocycles. The van der Waals surface area contributed by atoms with Crippen LogP contribution >= 0.6 is 0 Å². The van der Waals surface area contributed by atoms with Gasteiger partial charge in [0.05, 0.1) is 5.41 Å². The van der Waals surface area contributed by atoms with E-state index in [9.17, 15) is 0 Å². The van der Waals surface area contributed by atoms with Gasteiger partial charge in [0.2, 0.25) is 11.7 Å². The summed E-state index contributed by atoms with van der Waals surface area (Å²) in [6.45, 7) is 7.37. The third-order valence-electron chi connectivity index (χ3n) is 4.87. The topological polar surface area (TPSA) is 74.2 Å². The zero-order chi connectivity index (χ0) is 15.3. The van der Waals surface area contributed by atoms with Gasteiger partial charge in [-0.2, -0.15) is 4.98 Å². The minimum absolute atomic E-state index is 0.0355. The van der Waals surface area contributed by atoms with Gasteiger partial charge < -0.3 is 15.0 Å². The normalized spacial score (nSPS) is 21.1. The molecule has 2 N–H and O–H groups in total. The van der Waals surface area contributed by atoms with Crippen LogP contribution < -0.4 is 5.73 Å². The molecule has 0 amide bonds. The van der Waals surface area contributed by atoms with Crippen LogP contribution in [0.4, 0.5) is 0 Å². The fraction of sp³-hybridized carbons (Fsp3) is 0.875. The summed E-state index contributed by atoms with van der Waals surface area (Å²) >= 11 is 0. The molecule has 0 saturated heterocycles. The predicted octanol–water partition coefficient (Wildman–Crippen LogP) is 3.35. The Kier molecular flexibility index (Phi) is 5.76. The smallest absolute Gasteiger partial charge is 0.233 e. The van der Waals surface area contributed by atoms with Crippen LogP contribution in [-0.2, 0) is 10.2 Å². The number of hydrogen-bond donors (Lipinski definition) is 1. The predicted molar refractivity (Wildman–Crippen MR) is 81.9 cm³/mol. The molecule has 0 radical (unpaired) electrons. The van der Waals surface area contributed by atoms with Crippen molar-refractivity contribution in [3.05, 3.63) is 11.7 Å². The van der Waals surface area contributed by atoms with Gasteiger partial charge in [-0.1, -0.05) is 31.3 Å². The lowest BCUT2D eigenvalue weighted by atomic mass is 9.84. The van der Waals surface area contributed by atoms with Crippen LogP contribution in [0.2, 0.25) is 0 Å². The summed E-state index contributed by atoms with van der Waals surface area (Å²) < 4.78 is 11.5. The SMILES string of the molecule is CCOC(c1noc(C(C)(CC)CN)n1)C1CCCCC1. The average Bonchev–Trinajstić information content (AvgIpc) is 3.03. The Morgan fingerprint density at radius 2 is 2.05 bits per heavy atom. The summed E-state index contributed by atoms with van der Waals surface area (Å²) in [4.78, 5) is 4.64. The quantitative estimate of drug-likeness (QED) is 0.835. The Balaban J connectivity index is 2.19. The van der Waals surface area contributed by atoms with E-state index in [0.717, 1.165) is 6.42 Å².